The molecule has 4 rings (SSSR count). The number of carbonyl (C=O) groups is 2. The lowest BCUT2D eigenvalue weighted by atomic mass is 9.99. The van der Waals surface area contributed by atoms with Gasteiger partial charge in [-0.3, -0.25) is 9.69 Å². The topological polar surface area (TPSA) is 90.6 Å². The Kier molecular flexibility index (Phi) is 8.43. The van der Waals surface area contributed by atoms with Crippen LogP contribution < -0.4 is 5.32 Å². The molecule has 2 aliphatic rings. The van der Waals surface area contributed by atoms with Crippen molar-refractivity contribution in [2.24, 2.45) is 5.10 Å². The summed E-state index contributed by atoms with van der Waals surface area (Å²) in [6.45, 7) is 12.0. The fraction of sp³-hybridized carbons (Fsp3) is 0.519. The molecule has 1 saturated heterocycles. The Hall–Kier alpha value is -3.17. The summed E-state index contributed by atoms with van der Waals surface area (Å²) in [7, 11) is 0. The molecule has 2 aliphatic heterocycles. The summed E-state index contributed by atoms with van der Waals surface area (Å²) >= 11 is 0. The van der Waals surface area contributed by atoms with Crippen LogP contribution in [0.5, 0.6) is 0 Å². The molecule has 2 aromatic rings. The van der Waals surface area contributed by atoms with E-state index in [1.807, 2.05) is 32.0 Å². The molecule has 36 heavy (non-hydrogen) atoms. The summed E-state index contributed by atoms with van der Waals surface area (Å²) in [6, 6.07) is 9.27. The van der Waals surface area contributed by atoms with Crippen molar-refractivity contribution in [2.75, 3.05) is 45.9 Å². The van der Waals surface area contributed by atoms with Crippen molar-refractivity contribution in [2.45, 2.75) is 46.2 Å². The molecule has 9 nitrogen and oxygen atoms in total. The zero-order valence-electron chi connectivity index (χ0n) is 21.7. The van der Waals surface area contributed by atoms with Gasteiger partial charge in [-0.2, -0.15) is 5.10 Å². The van der Waals surface area contributed by atoms with Gasteiger partial charge in [-0.15, -0.1) is 0 Å². The van der Waals surface area contributed by atoms with E-state index in [4.69, 9.17) is 14.3 Å². The van der Waals surface area contributed by atoms with Crippen molar-refractivity contribution in [1.82, 2.24) is 20.1 Å². The van der Waals surface area contributed by atoms with Crippen LogP contribution in [-0.4, -0.2) is 84.4 Å². The summed E-state index contributed by atoms with van der Waals surface area (Å²) < 4.78 is 11.1. The fourth-order valence-electron chi connectivity index (χ4n) is 4.45. The number of hydrogen-bond acceptors (Lipinski definition) is 6. The molecule has 9 heteroatoms. The van der Waals surface area contributed by atoms with Gasteiger partial charge in [0.2, 0.25) is 0 Å². The zero-order chi connectivity index (χ0) is 25.7. The van der Waals surface area contributed by atoms with Gasteiger partial charge in [0, 0.05) is 38.6 Å². The first-order valence-corrected chi connectivity index (χ1v) is 12.7. The first-order valence-electron chi connectivity index (χ1n) is 12.7. The van der Waals surface area contributed by atoms with Crippen molar-refractivity contribution < 1.29 is 18.7 Å². The highest BCUT2D eigenvalue weighted by Crippen LogP contribution is 2.33. The third-order valence-corrected chi connectivity index (χ3v) is 6.69. The summed E-state index contributed by atoms with van der Waals surface area (Å²) in [4.78, 5) is 30.4. The van der Waals surface area contributed by atoms with Gasteiger partial charge in [0.15, 0.2) is 0 Å². The van der Waals surface area contributed by atoms with Gasteiger partial charge in [0.1, 0.15) is 18.3 Å². The molecule has 0 bridgehead atoms. The number of hydrazone groups is 1. The summed E-state index contributed by atoms with van der Waals surface area (Å²) in [5.41, 5.74) is 4.21. The van der Waals surface area contributed by atoms with Crippen LogP contribution in [-0.2, 0) is 9.53 Å². The lowest BCUT2D eigenvalue weighted by Gasteiger charge is -2.31. The first kappa shape index (κ1) is 25.9. The molecule has 3 heterocycles. The Morgan fingerprint density at radius 3 is 2.61 bits per heavy atom. The van der Waals surface area contributed by atoms with Crippen LogP contribution in [0.25, 0.3) is 0 Å². The lowest BCUT2D eigenvalue weighted by molar-refractivity contribution is -0.134. The van der Waals surface area contributed by atoms with E-state index in [0.29, 0.717) is 38.5 Å². The van der Waals surface area contributed by atoms with Gasteiger partial charge >= 0.3 is 6.03 Å². The zero-order valence-corrected chi connectivity index (χ0v) is 21.7. The van der Waals surface area contributed by atoms with Gasteiger partial charge in [-0.25, -0.2) is 9.80 Å². The van der Waals surface area contributed by atoms with Gasteiger partial charge in [0.05, 0.1) is 25.2 Å². The molecule has 1 aromatic heterocycles. The van der Waals surface area contributed by atoms with Crippen molar-refractivity contribution in [3.8, 4) is 0 Å². The molecular formula is C27H37N5O4. The van der Waals surface area contributed by atoms with E-state index in [2.05, 4.69) is 36.2 Å². The van der Waals surface area contributed by atoms with E-state index in [1.165, 1.54) is 16.1 Å². The average molecular weight is 496 g/mol. The number of ether oxygens (including phenoxy) is 1. The normalized spacial score (nSPS) is 18.4. The molecule has 1 N–H and O–H groups in total. The van der Waals surface area contributed by atoms with E-state index in [1.54, 1.807) is 11.2 Å². The summed E-state index contributed by atoms with van der Waals surface area (Å²) in [5, 5.41) is 9.17. The van der Waals surface area contributed by atoms with Crippen LogP contribution in [0.15, 0.2) is 46.1 Å². The number of benzene rings is 1. The van der Waals surface area contributed by atoms with Gasteiger partial charge < -0.3 is 19.4 Å². The van der Waals surface area contributed by atoms with Gasteiger partial charge in [-0.1, -0.05) is 12.1 Å². The number of nitrogens with zero attached hydrogens (tertiary/aromatic N) is 4. The SMILES string of the molecule is Cc1ccc(C2=NN(C(=O)CN(CCN3CCOCC3)C(=O)NC(C)C)C(c3ccco3)C2)cc1C. The van der Waals surface area contributed by atoms with Crippen LogP contribution in [0.1, 0.15) is 48.8 Å². The molecule has 1 fully saturated rings. The Morgan fingerprint density at radius 2 is 1.94 bits per heavy atom. The van der Waals surface area contributed by atoms with E-state index in [-0.39, 0.29) is 30.6 Å². The van der Waals surface area contributed by atoms with Crippen LogP contribution in [0.4, 0.5) is 4.79 Å². The van der Waals surface area contributed by atoms with E-state index >= 15 is 0 Å². The standard InChI is InChI=1S/C27H37N5O4/c1-19(2)28-27(34)31(10-9-30-11-14-35-15-12-30)18-26(33)32-24(25-6-5-13-36-25)17-23(29-32)22-8-7-20(3)21(4)16-22/h5-8,13,16,19,24H,9-12,14-15,17-18H2,1-4H3,(H,28,34). The van der Waals surface area contributed by atoms with Crippen LogP contribution in [0.3, 0.4) is 0 Å². The van der Waals surface area contributed by atoms with Gasteiger partial charge in [-0.05, 0) is 62.6 Å². The molecule has 194 valence electrons. The van der Waals surface area contributed by atoms with Crippen LogP contribution in [0.2, 0.25) is 0 Å². The second-order valence-electron chi connectivity index (χ2n) is 9.80. The summed E-state index contributed by atoms with van der Waals surface area (Å²) in [5.74, 6) is 0.438. The number of furan rings is 1. The number of morpholine rings is 1. The highest BCUT2D eigenvalue weighted by molar-refractivity contribution is 6.03. The average Bonchev–Trinajstić information content (AvgIpc) is 3.54. The second-order valence-corrected chi connectivity index (χ2v) is 9.80. The van der Waals surface area contributed by atoms with Crippen molar-refractivity contribution in [3.05, 3.63) is 59.0 Å². The maximum absolute atomic E-state index is 13.6. The van der Waals surface area contributed by atoms with Crippen molar-refractivity contribution in [3.63, 3.8) is 0 Å². The predicted molar refractivity (Wildman–Crippen MR) is 138 cm³/mol. The van der Waals surface area contributed by atoms with Crippen molar-refractivity contribution >= 4 is 17.6 Å². The second kappa shape index (κ2) is 11.7. The van der Waals surface area contributed by atoms with Gasteiger partial charge in [0.25, 0.3) is 5.91 Å². The molecular weight excluding hydrogens is 458 g/mol. The third kappa shape index (κ3) is 6.33. The monoisotopic (exact) mass is 495 g/mol. The van der Waals surface area contributed by atoms with Crippen LogP contribution >= 0.6 is 0 Å². The minimum atomic E-state index is -0.349. The Balaban J connectivity index is 1.53. The predicted octanol–water partition coefficient (Wildman–Crippen LogP) is 3.33. The Morgan fingerprint density at radius 1 is 1.17 bits per heavy atom. The van der Waals surface area contributed by atoms with Crippen molar-refractivity contribution in [1.29, 1.82) is 0 Å². The maximum atomic E-state index is 13.6. The third-order valence-electron chi connectivity index (χ3n) is 6.69. The number of rotatable bonds is 8. The minimum Gasteiger partial charge on any atom is -0.467 e. The smallest absolute Gasteiger partial charge is 0.318 e. The molecule has 0 saturated carbocycles. The molecule has 3 amide bonds. The summed E-state index contributed by atoms with van der Waals surface area (Å²) in [6.07, 6.45) is 2.16. The largest absolute Gasteiger partial charge is 0.467 e. The molecule has 0 aliphatic carbocycles. The quantitative estimate of drug-likeness (QED) is 0.607. The molecule has 1 unspecified atom stereocenters. The lowest BCUT2D eigenvalue weighted by Crippen LogP contribution is -2.50. The van der Waals surface area contributed by atoms with E-state index in [9.17, 15) is 9.59 Å². The number of carbonyl (C=O) groups excluding carboxylic acids is 2. The van der Waals surface area contributed by atoms with E-state index in [0.717, 1.165) is 24.4 Å². The number of nitrogens with one attached hydrogen (secondary N) is 1. The first-order chi connectivity index (χ1) is 17.3. The highest BCUT2D eigenvalue weighted by atomic mass is 16.5. The Bertz CT molecular complexity index is 1080. The molecule has 0 spiro atoms. The number of hydrogen-bond donors (Lipinski definition) is 1. The molecule has 1 atom stereocenters. The minimum absolute atomic E-state index is 0.0319. The van der Waals surface area contributed by atoms with E-state index < -0.39 is 0 Å². The maximum Gasteiger partial charge on any atom is 0.318 e. The van der Waals surface area contributed by atoms with Crippen LogP contribution in [0, 0.1) is 13.8 Å². The Labute approximate surface area is 213 Å². The number of aryl methyl sites for hydroxylation is 2. The number of amides is 3. The highest BCUT2D eigenvalue weighted by Gasteiger charge is 2.36. The number of urea groups is 1. The fourth-order valence-corrected chi connectivity index (χ4v) is 4.45. The molecule has 1 aromatic carbocycles. The molecule has 0 radical (unpaired) electrons.